The summed E-state index contributed by atoms with van der Waals surface area (Å²) in [7, 11) is -3.55. The topological polar surface area (TPSA) is 76.5 Å². The van der Waals surface area contributed by atoms with Gasteiger partial charge in [-0.1, -0.05) is 17.7 Å². The van der Waals surface area contributed by atoms with Gasteiger partial charge in [0.2, 0.25) is 0 Å². The van der Waals surface area contributed by atoms with Crippen molar-refractivity contribution < 1.29 is 18.3 Å². The Morgan fingerprint density at radius 3 is 2.54 bits per heavy atom. The van der Waals surface area contributed by atoms with Crippen LogP contribution in [-0.2, 0) is 9.84 Å². The summed E-state index contributed by atoms with van der Waals surface area (Å²) in [6.45, 7) is 3.48. The molecule has 0 saturated carbocycles. The summed E-state index contributed by atoms with van der Waals surface area (Å²) in [5.41, 5.74) is 0.144. The summed E-state index contributed by atoms with van der Waals surface area (Å²) in [6.07, 6.45) is 3.06. The lowest BCUT2D eigenvalue weighted by molar-refractivity contribution is 0.0550. The largest absolute Gasteiger partial charge is 0.491 e. The van der Waals surface area contributed by atoms with Gasteiger partial charge in [-0.05, 0) is 38.1 Å². The number of sulfone groups is 1. The van der Waals surface area contributed by atoms with Gasteiger partial charge in [-0.3, -0.25) is 4.98 Å². The van der Waals surface area contributed by atoms with Crippen LogP contribution in [0, 0.1) is 0 Å². The van der Waals surface area contributed by atoms with Gasteiger partial charge in [-0.25, -0.2) is 8.42 Å². The van der Waals surface area contributed by atoms with Crippen molar-refractivity contribution in [3.05, 3.63) is 41.6 Å². The number of benzene rings is 1. The van der Waals surface area contributed by atoms with Gasteiger partial charge < -0.3 is 9.84 Å². The number of rotatable bonds is 6. The highest BCUT2D eigenvalue weighted by Gasteiger charge is 2.22. The molecule has 7 heteroatoms. The normalized spacial score (nSPS) is 12.2. The third kappa shape index (κ3) is 4.93. The fourth-order valence-electron chi connectivity index (χ4n) is 2.11. The molecule has 24 heavy (non-hydrogen) atoms. The molecule has 2 aromatic rings. The van der Waals surface area contributed by atoms with E-state index >= 15 is 0 Å². The predicted molar refractivity (Wildman–Crippen MR) is 94.2 cm³/mol. The molecule has 130 valence electrons. The molecule has 0 aliphatic rings. The van der Waals surface area contributed by atoms with E-state index in [1.165, 1.54) is 6.07 Å². The summed E-state index contributed by atoms with van der Waals surface area (Å²) >= 11 is 6.10. The van der Waals surface area contributed by atoms with Gasteiger partial charge in [0.25, 0.3) is 0 Å². The van der Waals surface area contributed by atoms with E-state index in [-0.39, 0.29) is 22.3 Å². The fourth-order valence-corrected chi connectivity index (χ4v) is 3.24. The van der Waals surface area contributed by atoms with Crippen molar-refractivity contribution in [2.75, 3.05) is 12.9 Å². The second-order valence-electron chi connectivity index (χ2n) is 6.18. The van der Waals surface area contributed by atoms with Crippen molar-refractivity contribution in [3.63, 3.8) is 0 Å². The smallest absolute Gasteiger partial charge is 0.179 e. The molecule has 1 heterocycles. The minimum absolute atomic E-state index is 0.00592. The highest BCUT2D eigenvalue weighted by molar-refractivity contribution is 7.90. The number of pyridine rings is 1. The second kappa shape index (κ2) is 7.09. The molecule has 1 aromatic carbocycles. The zero-order valence-corrected chi connectivity index (χ0v) is 15.4. The van der Waals surface area contributed by atoms with E-state index in [4.69, 9.17) is 16.3 Å². The van der Waals surface area contributed by atoms with E-state index in [0.29, 0.717) is 17.7 Å². The van der Waals surface area contributed by atoms with E-state index in [2.05, 4.69) is 4.98 Å². The molecule has 0 fully saturated rings. The first-order chi connectivity index (χ1) is 11.1. The van der Waals surface area contributed by atoms with E-state index in [1.807, 2.05) is 0 Å². The molecule has 1 aromatic heterocycles. The minimum Gasteiger partial charge on any atom is -0.491 e. The number of aromatic nitrogens is 1. The van der Waals surface area contributed by atoms with Crippen molar-refractivity contribution in [2.45, 2.75) is 30.8 Å². The molecule has 0 saturated heterocycles. The monoisotopic (exact) mass is 369 g/mol. The summed E-state index contributed by atoms with van der Waals surface area (Å²) in [4.78, 5) is 4.25. The molecule has 0 atom stereocenters. The van der Waals surface area contributed by atoms with Crippen molar-refractivity contribution in [1.82, 2.24) is 4.98 Å². The molecule has 1 N–H and O–H groups in total. The van der Waals surface area contributed by atoms with Crippen LogP contribution < -0.4 is 4.74 Å². The lowest BCUT2D eigenvalue weighted by atomic mass is 10.1. The molecule has 0 aliphatic carbocycles. The Bertz CT molecular complexity index is 814. The first-order valence-corrected chi connectivity index (χ1v) is 9.65. The minimum atomic E-state index is -3.55. The maximum absolute atomic E-state index is 12.1. The van der Waals surface area contributed by atoms with Gasteiger partial charge in [-0.15, -0.1) is 0 Å². The van der Waals surface area contributed by atoms with Gasteiger partial charge in [0.15, 0.2) is 9.84 Å². The lowest BCUT2D eigenvalue weighted by Gasteiger charge is -2.20. The number of ether oxygens (including phenoxy) is 1. The number of hydrogen-bond donors (Lipinski definition) is 1. The quantitative estimate of drug-likeness (QED) is 0.845. The van der Waals surface area contributed by atoms with E-state index < -0.39 is 15.4 Å². The lowest BCUT2D eigenvalue weighted by Crippen LogP contribution is -2.22. The first kappa shape index (κ1) is 18.7. The first-order valence-electron chi connectivity index (χ1n) is 7.38. The van der Waals surface area contributed by atoms with Crippen molar-refractivity contribution in [2.24, 2.45) is 0 Å². The Balaban J connectivity index is 2.55. The molecule has 0 spiro atoms. The standard InChI is InChI=1S/C17H20ClNO4S/c1-17(2,20)7-9-23-16-13(14-6-4-5-8-19-14)10-12(18)11-15(16)24(3,21)22/h4-6,8,10-11,20H,7,9H2,1-3H3. The van der Waals surface area contributed by atoms with Crippen LogP contribution in [0.1, 0.15) is 20.3 Å². The van der Waals surface area contributed by atoms with Crippen LogP contribution in [0.5, 0.6) is 5.75 Å². The average Bonchev–Trinajstić information content (AvgIpc) is 2.47. The maximum Gasteiger partial charge on any atom is 0.179 e. The second-order valence-corrected chi connectivity index (χ2v) is 8.60. The van der Waals surface area contributed by atoms with Crippen molar-refractivity contribution in [1.29, 1.82) is 0 Å². The molecule has 0 radical (unpaired) electrons. The Morgan fingerprint density at radius 2 is 2.00 bits per heavy atom. The zero-order chi connectivity index (χ0) is 18.0. The maximum atomic E-state index is 12.1. The Labute approximate surface area is 147 Å². The van der Waals surface area contributed by atoms with Crippen molar-refractivity contribution in [3.8, 4) is 17.0 Å². The fraction of sp³-hybridized carbons (Fsp3) is 0.353. The Hall–Kier alpha value is -1.63. The molecule has 2 rings (SSSR count). The SMILES string of the molecule is CC(C)(O)CCOc1c(-c2ccccn2)cc(Cl)cc1S(C)(=O)=O. The molecular formula is C17H20ClNO4S. The average molecular weight is 370 g/mol. The molecule has 0 unspecified atom stereocenters. The summed E-state index contributed by atoms with van der Waals surface area (Å²) in [5, 5.41) is 10.1. The van der Waals surface area contributed by atoms with Crippen molar-refractivity contribution >= 4 is 21.4 Å². The summed E-state index contributed by atoms with van der Waals surface area (Å²) < 4.78 is 30.0. The number of hydrogen-bond acceptors (Lipinski definition) is 5. The number of halogens is 1. The number of nitrogens with zero attached hydrogens (tertiary/aromatic N) is 1. The molecule has 0 amide bonds. The molecule has 5 nitrogen and oxygen atoms in total. The van der Waals surface area contributed by atoms with Crippen LogP contribution in [0.3, 0.4) is 0 Å². The Morgan fingerprint density at radius 1 is 1.29 bits per heavy atom. The van der Waals surface area contributed by atoms with Crippen LogP contribution >= 0.6 is 11.6 Å². The van der Waals surface area contributed by atoms with E-state index in [9.17, 15) is 13.5 Å². The van der Waals surface area contributed by atoms with E-state index in [0.717, 1.165) is 6.26 Å². The summed E-state index contributed by atoms with van der Waals surface area (Å²) in [6, 6.07) is 8.30. The Kier molecular flexibility index (Phi) is 5.52. The molecular weight excluding hydrogens is 350 g/mol. The van der Waals surface area contributed by atoms with Gasteiger partial charge in [0.05, 0.1) is 17.9 Å². The van der Waals surface area contributed by atoms with Gasteiger partial charge in [-0.2, -0.15) is 0 Å². The molecule has 0 bridgehead atoms. The highest BCUT2D eigenvalue weighted by atomic mass is 35.5. The van der Waals surface area contributed by atoms with E-state index in [1.54, 1.807) is 44.3 Å². The van der Waals surface area contributed by atoms with Crippen LogP contribution in [0.4, 0.5) is 0 Å². The van der Waals surface area contributed by atoms with Crippen LogP contribution in [0.2, 0.25) is 5.02 Å². The molecule has 0 aliphatic heterocycles. The summed E-state index contributed by atoms with van der Waals surface area (Å²) in [5.74, 6) is 0.199. The van der Waals surface area contributed by atoms with Crippen LogP contribution in [0.15, 0.2) is 41.4 Å². The van der Waals surface area contributed by atoms with Crippen LogP contribution in [-0.4, -0.2) is 37.0 Å². The third-order valence-corrected chi connectivity index (χ3v) is 4.64. The predicted octanol–water partition coefficient (Wildman–Crippen LogP) is 3.35. The zero-order valence-electron chi connectivity index (χ0n) is 13.8. The van der Waals surface area contributed by atoms with Gasteiger partial charge in [0.1, 0.15) is 10.6 Å². The number of aliphatic hydroxyl groups is 1. The van der Waals surface area contributed by atoms with Gasteiger partial charge >= 0.3 is 0 Å². The third-order valence-electron chi connectivity index (χ3n) is 3.32. The van der Waals surface area contributed by atoms with Gasteiger partial charge in [0, 0.05) is 29.5 Å². The van der Waals surface area contributed by atoms with Crippen LogP contribution in [0.25, 0.3) is 11.3 Å². The highest BCUT2D eigenvalue weighted by Crippen LogP contribution is 2.38.